The first-order valence-electron chi connectivity index (χ1n) is 11.6. The molecule has 1 saturated heterocycles. The van der Waals surface area contributed by atoms with Crippen molar-refractivity contribution in [3.05, 3.63) is 17.7 Å². The van der Waals surface area contributed by atoms with Gasteiger partial charge < -0.3 is 15.0 Å². The van der Waals surface area contributed by atoms with Crippen molar-refractivity contribution in [3.63, 3.8) is 0 Å². The highest BCUT2D eigenvalue weighted by Gasteiger charge is 2.49. The Kier molecular flexibility index (Phi) is 5.31. The second kappa shape index (κ2) is 7.26. The van der Waals surface area contributed by atoms with Crippen LogP contribution < -0.4 is 5.32 Å². The van der Waals surface area contributed by atoms with Crippen molar-refractivity contribution in [3.8, 4) is 0 Å². The number of rotatable bonds is 4. The molecule has 5 nitrogen and oxygen atoms in total. The van der Waals surface area contributed by atoms with Gasteiger partial charge in [-0.15, -0.1) is 0 Å². The van der Waals surface area contributed by atoms with Gasteiger partial charge in [-0.3, -0.25) is 4.79 Å². The fourth-order valence-corrected chi connectivity index (χ4v) is 5.52. The van der Waals surface area contributed by atoms with E-state index in [1.165, 1.54) is 44.2 Å². The Balaban J connectivity index is 1.53. The van der Waals surface area contributed by atoms with Gasteiger partial charge >= 0.3 is 0 Å². The maximum absolute atomic E-state index is 13.5. The summed E-state index contributed by atoms with van der Waals surface area (Å²) < 4.78 is 32.4. The van der Waals surface area contributed by atoms with Crippen LogP contribution in [0.2, 0.25) is 0 Å². The molecule has 0 radical (unpaired) electrons. The third kappa shape index (κ3) is 4.27. The Hall–Kier alpha value is -1.50. The van der Waals surface area contributed by atoms with Crippen LogP contribution in [-0.2, 0) is 14.9 Å². The van der Waals surface area contributed by atoms with E-state index in [2.05, 4.69) is 17.2 Å². The van der Waals surface area contributed by atoms with Crippen molar-refractivity contribution >= 4 is 5.91 Å². The number of carbonyl (C=O) groups is 1. The summed E-state index contributed by atoms with van der Waals surface area (Å²) in [5.41, 5.74) is 0.275. The Morgan fingerprint density at radius 3 is 2.23 bits per heavy atom. The lowest BCUT2D eigenvalue weighted by Gasteiger charge is -2.51. The van der Waals surface area contributed by atoms with Crippen LogP contribution >= 0.6 is 0 Å². The summed E-state index contributed by atoms with van der Waals surface area (Å²) in [6, 6.07) is -0.370. The molecule has 1 aromatic rings. The number of carbonyl (C=O) groups excluding carboxylic acids is 1. The van der Waals surface area contributed by atoms with E-state index < -0.39 is 18.1 Å². The number of aromatic amines is 1. The number of amides is 1. The van der Waals surface area contributed by atoms with E-state index in [-0.39, 0.29) is 35.6 Å². The summed E-state index contributed by atoms with van der Waals surface area (Å²) in [4.78, 5) is 21.4. The summed E-state index contributed by atoms with van der Waals surface area (Å²) in [7, 11) is 0. The molecule has 7 heteroatoms. The minimum atomic E-state index is -2.87. The average molecular weight is 438 g/mol. The molecule has 1 aromatic heterocycles. The van der Waals surface area contributed by atoms with Crippen LogP contribution in [0.3, 0.4) is 0 Å². The lowest BCUT2D eigenvalue weighted by molar-refractivity contribution is -0.190. The monoisotopic (exact) mass is 437 g/mol. The number of hydrogen-bond donors (Lipinski definition) is 2. The normalized spacial score (nSPS) is 36.2. The van der Waals surface area contributed by atoms with Crippen LogP contribution in [-0.4, -0.2) is 34.0 Å². The number of aromatic nitrogens is 2. The zero-order valence-electron chi connectivity index (χ0n) is 19.5. The zero-order chi connectivity index (χ0) is 22.7. The number of fused-ring (bicyclic) bond motifs is 3. The number of imidazole rings is 1. The average Bonchev–Trinajstić information content (AvgIpc) is 3.19. The van der Waals surface area contributed by atoms with Crippen molar-refractivity contribution in [2.24, 2.45) is 10.8 Å². The van der Waals surface area contributed by atoms with Crippen LogP contribution in [0, 0.1) is 10.8 Å². The number of ether oxygens (including phenoxy) is 1. The lowest BCUT2D eigenvalue weighted by atomic mass is 9.53. The molecule has 3 aliphatic carbocycles. The van der Waals surface area contributed by atoms with Crippen LogP contribution in [0.5, 0.6) is 0 Å². The molecule has 0 spiro atoms. The zero-order valence-corrected chi connectivity index (χ0v) is 19.5. The molecular formula is C24H37F2N3O2. The summed E-state index contributed by atoms with van der Waals surface area (Å²) >= 11 is 0. The molecule has 31 heavy (non-hydrogen) atoms. The van der Waals surface area contributed by atoms with E-state index in [1.54, 1.807) is 6.92 Å². The highest BCUT2D eigenvalue weighted by Crippen LogP contribution is 2.57. The fourth-order valence-electron chi connectivity index (χ4n) is 5.52. The fraction of sp³-hybridized carbons (Fsp3) is 0.833. The molecule has 0 unspecified atom stereocenters. The van der Waals surface area contributed by atoms with Gasteiger partial charge in [-0.25, -0.2) is 13.8 Å². The molecule has 1 amide bonds. The first-order chi connectivity index (χ1) is 14.3. The largest absolute Gasteiger partial charge is 0.359 e. The standard InChI is InChI=1S/C24H37F2N3O2/c1-20(2,3)17(29-19(30)22(5)9-13-24(25,26)15-31-22)18-27-14-16(28-18)23-10-6-21(4,7-11-23)8-12-23/h14,17H,6-13,15H2,1-5H3,(H,27,28)(H,29,30)/t17-,21?,22-,23?/m1/s1. The number of nitrogens with zero attached hydrogens (tertiary/aromatic N) is 1. The van der Waals surface area contributed by atoms with Crippen molar-refractivity contribution < 1.29 is 18.3 Å². The van der Waals surface area contributed by atoms with Gasteiger partial charge in [0.2, 0.25) is 0 Å². The Bertz CT molecular complexity index is 808. The van der Waals surface area contributed by atoms with Gasteiger partial charge in [-0.2, -0.15) is 0 Å². The molecule has 0 aromatic carbocycles. The van der Waals surface area contributed by atoms with Crippen molar-refractivity contribution in [1.29, 1.82) is 0 Å². The van der Waals surface area contributed by atoms with Gasteiger partial charge in [0.1, 0.15) is 18.0 Å². The summed E-state index contributed by atoms with van der Waals surface area (Å²) in [6.07, 6.45) is 8.89. The molecule has 2 heterocycles. The van der Waals surface area contributed by atoms with Crippen molar-refractivity contribution in [2.75, 3.05) is 6.61 Å². The molecule has 2 N–H and O–H groups in total. The van der Waals surface area contributed by atoms with Crippen LogP contribution in [0.25, 0.3) is 0 Å². The number of halogens is 2. The van der Waals surface area contributed by atoms with E-state index in [1.807, 2.05) is 27.0 Å². The minimum Gasteiger partial charge on any atom is -0.359 e. The number of alkyl halides is 2. The second-order valence-electron chi connectivity index (χ2n) is 11.9. The summed E-state index contributed by atoms with van der Waals surface area (Å²) in [5.74, 6) is -2.49. The van der Waals surface area contributed by atoms with Crippen molar-refractivity contribution in [1.82, 2.24) is 15.3 Å². The number of hydrogen-bond acceptors (Lipinski definition) is 3. The van der Waals surface area contributed by atoms with Gasteiger partial charge in [-0.05, 0) is 62.7 Å². The molecule has 4 aliphatic rings. The van der Waals surface area contributed by atoms with Crippen LogP contribution in [0.1, 0.15) is 104 Å². The summed E-state index contributed by atoms with van der Waals surface area (Å²) in [5, 5.41) is 3.07. The predicted molar refractivity (Wildman–Crippen MR) is 115 cm³/mol. The molecule has 3 saturated carbocycles. The molecular weight excluding hydrogens is 400 g/mol. The van der Waals surface area contributed by atoms with Gasteiger partial charge in [0.05, 0.1) is 6.04 Å². The molecule has 4 fully saturated rings. The van der Waals surface area contributed by atoms with Gasteiger partial charge in [0.25, 0.3) is 11.8 Å². The Labute approximate surface area is 184 Å². The maximum atomic E-state index is 13.5. The van der Waals surface area contributed by atoms with E-state index in [0.29, 0.717) is 5.41 Å². The molecule has 1 aliphatic heterocycles. The number of nitrogens with one attached hydrogen (secondary N) is 2. The Morgan fingerprint density at radius 2 is 1.71 bits per heavy atom. The SMILES string of the molecule is CC12CCC(c3cnc([C@@H](NC(=O)[C@@]4(C)CCC(F)(F)CO4)C(C)(C)C)[nH]3)(CC1)CC2. The van der Waals surface area contributed by atoms with Crippen LogP contribution in [0.15, 0.2) is 6.20 Å². The molecule has 5 rings (SSSR count). The van der Waals surface area contributed by atoms with Gasteiger partial charge in [0, 0.05) is 23.7 Å². The van der Waals surface area contributed by atoms with Gasteiger partial charge in [0.15, 0.2) is 0 Å². The third-order valence-corrected chi connectivity index (χ3v) is 8.25. The minimum absolute atomic E-state index is 0.00597. The van der Waals surface area contributed by atoms with Crippen molar-refractivity contribution in [2.45, 2.75) is 109 Å². The Morgan fingerprint density at radius 1 is 1.10 bits per heavy atom. The smallest absolute Gasteiger partial charge is 0.271 e. The number of H-pyrrole nitrogens is 1. The van der Waals surface area contributed by atoms with E-state index >= 15 is 0 Å². The molecule has 2 bridgehead atoms. The highest BCUT2D eigenvalue weighted by atomic mass is 19.3. The second-order valence-corrected chi connectivity index (χ2v) is 11.9. The predicted octanol–water partition coefficient (Wildman–Crippen LogP) is 5.43. The quantitative estimate of drug-likeness (QED) is 0.660. The van der Waals surface area contributed by atoms with Crippen LogP contribution in [0.4, 0.5) is 8.78 Å². The molecule has 2 atom stereocenters. The third-order valence-electron chi connectivity index (χ3n) is 8.25. The highest BCUT2D eigenvalue weighted by molar-refractivity contribution is 5.85. The molecule has 174 valence electrons. The lowest BCUT2D eigenvalue weighted by Crippen LogP contribution is -2.54. The van der Waals surface area contributed by atoms with E-state index in [4.69, 9.17) is 9.72 Å². The summed E-state index contributed by atoms with van der Waals surface area (Å²) in [6.45, 7) is 9.42. The first kappa shape index (κ1) is 22.7. The first-order valence-corrected chi connectivity index (χ1v) is 11.6. The topological polar surface area (TPSA) is 67.0 Å². The van der Waals surface area contributed by atoms with E-state index in [0.717, 1.165) is 5.82 Å². The van der Waals surface area contributed by atoms with E-state index in [9.17, 15) is 13.6 Å². The maximum Gasteiger partial charge on any atom is 0.271 e. The van der Waals surface area contributed by atoms with Gasteiger partial charge in [-0.1, -0.05) is 27.7 Å².